The molecule has 5 nitrogen and oxygen atoms in total. The Hall–Kier alpha value is -2.27. The number of nitriles is 1. The van der Waals surface area contributed by atoms with Crippen LogP contribution in [-0.2, 0) is 4.79 Å². The molecule has 0 fully saturated rings. The van der Waals surface area contributed by atoms with Gasteiger partial charge >= 0.3 is 12.6 Å². The summed E-state index contributed by atoms with van der Waals surface area (Å²) in [4.78, 5) is 10.5. The van der Waals surface area contributed by atoms with Crippen molar-refractivity contribution >= 4 is 5.97 Å². The molecule has 0 aliphatic rings. The summed E-state index contributed by atoms with van der Waals surface area (Å²) >= 11 is 0. The number of benzene rings is 1. The van der Waals surface area contributed by atoms with Crippen LogP contribution in [0.25, 0.3) is 0 Å². The van der Waals surface area contributed by atoms with Crippen molar-refractivity contribution in [3.63, 3.8) is 0 Å². The first-order valence-corrected chi connectivity index (χ1v) is 4.46. The summed E-state index contributed by atoms with van der Waals surface area (Å²) < 4.78 is 41.6. The highest BCUT2D eigenvalue weighted by atomic mass is 19.3. The Kier molecular flexibility index (Phi) is 4.12. The third kappa shape index (κ3) is 2.70. The Labute approximate surface area is 98.6 Å². The van der Waals surface area contributed by atoms with Gasteiger partial charge in [-0.15, -0.1) is 0 Å². The summed E-state index contributed by atoms with van der Waals surface area (Å²) in [5, 5.41) is 26.3. The highest BCUT2D eigenvalue weighted by Crippen LogP contribution is 2.31. The lowest BCUT2D eigenvalue weighted by atomic mass is 10.0. The van der Waals surface area contributed by atoms with Crippen LogP contribution < -0.4 is 4.74 Å². The number of hydrogen-bond acceptors (Lipinski definition) is 4. The minimum Gasteiger partial charge on any atom is -0.479 e. The number of aliphatic hydroxyl groups is 1. The molecule has 0 spiro atoms. The number of halogens is 3. The molecule has 0 aliphatic carbocycles. The summed E-state index contributed by atoms with van der Waals surface area (Å²) in [5.74, 6) is -4.11. The first kappa shape index (κ1) is 13.8. The molecule has 0 saturated carbocycles. The van der Waals surface area contributed by atoms with Gasteiger partial charge in [0.2, 0.25) is 0 Å². The molecule has 0 amide bonds. The van der Waals surface area contributed by atoms with Crippen molar-refractivity contribution < 1.29 is 32.9 Å². The van der Waals surface area contributed by atoms with Gasteiger partial charge in [-0.1, -0.05) is 0 Å². The topological polar surface area (TPSA) is 90.5 Å². The van der Waals surface area contributed by atoms with Crippen molar-refractivity contribution in [3.8, 4) is 11.8 Å². The molecular formula is C10H6F3NO4. The lowest BCUT2D eigenvalue weighted by Gasteiger charge is -2.14. The Morgan fingerprint density at radius 3 is 2.50 bits per heavy atom. The van der Waals surface area contributed by atoms with Crippen molar-refractivity contribution in [2.75, 3.05) is 0 Å². The SMILES string of the molecule is N#Cc1ccc(OC(F)F)c(C(O)C(=O)O)c1F. The second-order valence-electron chi connectivity index (χ2n) is 3.07. The Bertz CT molecular complexity index is 513. The number of aliphatic carboxylic acids is 1. The van der Waals surface area contributed by atoms with E-state index < -0.39 is 41.4 Å². The molecule has 0 bridgehead atoms. The van der Waals surface area contributed by atoms with Gasteiger partial charge in [0, 0.05) is 0 Å². The van der Waals surface area contributed by atoms with Crippen molar-refractivity contribution in [2.24, 2.45) is 0 Å². The van der Waals surface area contributed by atoms with Crippen molar-refractivity contribution in [2.45, 2.75) is 12.7 Å². The van der Waals surface area contributed by atoms with E-state index in [1.807, 2.05) is 0 Å². The molecule has 1 atom stereocenters. The predicted octanol–water partition coefficient (Wildman–Crippen LogP) is 1.42. The van der Waals surface area contributed by atoms with Gasteiger partial charge in [-0.25, -0.2) is 9.18 Å². The van der Waals surface area contributed by atoms with E-state index in [4.69, 9.17) is 10.4 Å². The molecule has 0 radical (unpaired) electrons. The van der Waals surface area contributed by atoms with Crippen LogP contribution >= 0.6 is 0 Å². The maximum Gasteiger partial charge on any atom is 0.387 e. The second-order valence-corrected chi connectivity index (χ2v) is 3.07. The van der Waals surface area contributed by atoms with Crippen LogP contribution in [-0.4, -0.2) is 22.8 Å². The standard InChI is InChI=1S/C10H6F3NO4/c11-7-4(3-14)1-2-5(18-10(12)13)6(7)8(15)9(16)17/h1-2,8,10,15H,(H,16,17). The van der Waals surface area contributed by atoms with Crippen LogP contribution in [0.3, 0.4) is 0 Å². The minimum absolute atomic E-state index is 0.591. The minimum atomic E-state index is -3.32. The molecular weight excluding hydrogens is 255 g/mol. The molecule has 96 valence electrons. The largest absolute Gasteiger partial charge is 0.479 e. The zero-order valence-corrected chi connectivity index (χ0v) is 8.60. The molecule has 1 aromatic rings. The summed E-state index contributed by atoms with van der Waals surface area (Å²) in [7, 11) is 0. The average molecular weight is 261 g/mol. The Balaban J connectivity index is 3.40. The number of alkyl halides is 2. The summed E-state index contributed by atoms with van der Waals surface area (Å²) in [6.07, 6.45) is -2.41. The first-order chi connectivity index (χ1) is 8.38. The fraction of sp³-hybridized carbons (Fsp3) is 0.200. The molecule has 2 N–H and O–H groups in total. The smallest absolute Gasteiger partial charge is 0.387 e. The van der Waals surface area contributed by atoms with Crippen molar-refractivity contribution in [3.05, 3.63) is 29.1 Å². The summed E-state index contributed by atoms with van der Waals surface area (Å²) in [6.45, 7) is -3.32. The van der Waals surface area contributed by atoms with Gasteiger partial charge in [-0.05, 0) is 12.1 Å². The van der Waals surface area contributed by atoms with E-state index in [2.05, 4.69) is 4.74 Å². The highest BCUT2D eigenvalue weighted by Gasteiger charge is 2.27. The Morgan fingerprint density at radius 1 is 1.44 bits per heavy atom. The van der Waals surface area contributed by atoms with Crippen LogP contribution in [0.15, 0.2) is 12.1 Å². The molecule has 1 unspecified atom stereocenters. The van der Waals surface area contributed by atoms with Crippen LogP contribution in [0.1, 0.15) is 17.2 Å². The van der Waals surface area contributed by atoms with Gasteiger partial charge in [0.15, 0.2) is 11.9 Å². The number of nitrogens with zero attached hydrogens (tertiary/aromatic N) is 1. The van der Waals surface area contributed by atoms with Gasteiger partial charge in [-0.2, -0.15) is 14.0 Å². The number of carboxylic acids is 1. The highest BCUT2D eigenvalue weighted by molar-refractivity contribution is 5.75. The normalized spacial score (nSPS) is 12.0. The van der Waals surface area contributed by atoms with E-state index in [0.717, 1.165) is 12.1 Å². The molecule has 0 aliphatic heterocycles. The van der Waals surface area contributed by atoms with E-state index in [1.54, 1.807) is 0 Å². The molecule has 0 heterocycles. The van der Waals surface area contributed by atoms with Gasteiger partial charge in [0.05, 0.1) is 11.1 Å². The van der Waals surface area contributed by atoms with E-state index in [1.165, 1.54) is 6.07 Å². The number of carbonyl (C=O) groups is 1. The second kappa shape index (κ2) is 5.37. The third-order valence-electron chi connectivity index (χ3n) is 1.98. The van der Waals surface area contributed by atoms with Gasteiger partial charge in [0.25, 0.3) is 0 Å². The number of rotatable bonds is 4. The predicted molar refractivity (Wildman–Crippen MR) is 50.3 cm³/mol. The van der Waals surface area contributed by atoms with Gasteiger partial charge in [0.1, 0.15) is 11.8 Å². The third-order valence-corrected chi connectivity index (χ3v) is 1.98. The zero-order chi connectivity index (χ0) is 13.9. The quantitative estimate of drug-likeness (QED) is 0.855. The molecule has 0 saturated heterocycles. The van der Waals surface area contributed by atoms with Gasteiger partial charge in [-0.3, -0.25) is 0 Å². The van der Waals surface area contributed by atoms with E-state index >= 15 is 0 Å². The van der Waals surface area contributed by atoms with Crippen LogP contribution in [0.4, 0.5) is 13.2 Å². The lowest BCUT2D eigenvalue weighted by Crippen LogP contribution is -2.16. The van der Waals surface area contributed by atoms with E-state index in [0.29, 0.717) is 0 Å². The number of carboxylic acid groups (broad SMARTS) is 1. The fourth-order valence-corrected chi connectivity index (χ4v) is 1.24. The molecule has 1 rings (SSSR count). The van der Waals surface area contributed by atoms with E-state index in [-0.39, 0.29) is 0 Å². The average Bonchev–Trinajstić information content (AvgIpc) is 2.28. The number of ether oxygens (including phenoxy) is 1. The molecule has 18 heavy (non-hydrogen) atoms. The maximum absolute atomic E-state index is 13.6. The van der Waals surface area contributed by atoms with Crippen LogP contribution in [0, 0.1) is 17.1 Å². The summed E-state index contributed by atoms with van der Waals surface area (Å²) in [5.41, 5.74) is -1.60. The van der Waals surface area contributed by atoms with Crippen LogP contribution in [0.5, 0.6) is 5.75 Å². The number of hydrogen-bond donors (Lipinski definition) is 2. The van der Waals surface area contributed by atoms with Crippen molar-refractivity contribution in [1.82, 2.24) is 0 Å². The Morgan fingerprint density at radius 2 is 2.06 bits per heavy atom. The van der Waals surface area contributed by atoms with Crippen molar-refractivity contribution in [1.29, 1.82) is 5.26 Å². The summed E-state index contributed by atoms with van der Waals surface area (Å²) in [6, 6.07) is 3.01. The van der Waals surface area contributed by atoms with Crippen LogP contribution in [0.2, 0.25) is 0 Å². The maximum atomic E-state index is 13.6. The molecule has 8 heteroatoms. The molecule has 0 aromatic heterocycles. The number of aliphatic hydroxyl groups excluding tert-OH is 1. The van der Waals surface area contributed by atoms with Gasteiger partial charge < -0.3 is 14.9 Å². The van der Waals surface area contributed by atoms with E-state index in [9.17, 15) is 23.1 Å². The molecule has 1 aromatic carbocycles. The monoisotopic (exact) mass is 261 g/mol. The first-order valence-electron chi connectivity index (χ1n) is 4.46. The zero-order valence-electron chi connectivity index (χ0n) is 8.60. The lowest BCUT2D eigenvalue weighted by molar-refractivity contribution is -0.147. The fourth-order valence-electron chi connectivity index (χ4n) is 1.24.